The maximum Gasteiger partial charge on any atom is 0.417 e. The van der Waals surface area contributed by atoms with E-state index in [9.17, 15) is 23.5 Å². The van der Waals surface area contributed by atoms with Crippen molar-refractivity contribution >= 4 is 17.7 Å². The minimum atomic E-state index is -1.01. The van der Waals surface area contributed by atoms with E-state index in [-0.39, 0.29) is 19.4 Å². The van der Waals surface area contributed by atoms with E-state index in [4.69, 9.17) is 9.47 Å². The summed E-state index contributed by atoms with van der Waals surface area (Å²) in [5, 5.41) is 14.5. The van der Waals surface area contributed by atoms with Crippen LogP contribution in [0, 0.1) is 17.6 Å². The number of halogens is 2. The van der Waals surface area contributed by atoms with Gasteiger partial charge >= 0.3 is 6.09 Å². The number of cyclic esters (lactones) is 1. The number of amides is 2. The highest BCUT2D eigenvalue weighted by molar-refractivity contribution is 5.95. The number of ether oxygens (including phenoxy) is 2. The molecule has 6 rings (SSSR count). The van der Waals surface area contributed by atoms with Crippen molar-refractivity contribution in [2.45, 2.75) is 37.6 Å². The smallest absolute Gasteiger partial charge is 0.417 e. The van der Waals surface area contributed by atoms with Crippen molar-refractivity contribution in [3.63, 3.8) is 0 Å². The molecule has 2 N–H and O–H groups in total. The molecular weight excluding hydrogens is 626 g/mol. The lowest BCUT2D eigenvalue weighted by Gasteiger charge is -2.32. The fraction of sp³-hybridized carbons (Fsp3) is 0.200. The van der Waals surface area contributed by atoms with E-state index in [1.807, 2.05) is 84.9 Å². The Kier molecular flexibility index (Phi) is 10.6. The van der Waals surface area contributed by atoms with Gasteiger partial charge in [0.2, 0.25) is 5.91 Å². The van der Waals surface area contributed by atoms with Gasteiger partial charge in [0, 0.05) is 5.69 Å². The zero-order chi connectivity index (χ0) is 34.2. The van der Waals surface area contributed by atoms with E-state index in [0.29, 0.717) is 29.2 Å². The van der Waals surface area contributed by atoms with Crippen LogP contribution in [-0.4, -0.2) is 28.6 Å². The molecule has 4 atom stereocenters. The number of carbonyl (C=O) groups is 2. The van der Waals surface area contributed by atoms with E-state index in [1.54, 1.807) is 12.1 Å². The summed E-state index contributed by atoms with van der Waals surface area (Å²) in [6.07, 6.45) is -1.51. The SMILES string of the molecule is O=C1OC[C@H](c2ccccc2)N1C(=O)[C@@H](CC[C@H](O)c1ccc(F)cc1)[C@H](Nc1ccc(F)cc1)c1ccc(OCc2ccccc2)cc1. The lowest BCUT2D eigenvalue weighted by Crippen LogP contribution is -2.42. The Morgan fingerprint density at radius 2 is 1.39 bits per heavy atom. The molecule has 1 saturated heterocycles. The van der Waals surface area contributed by atoms with Gasteiger partial charge in [0.15, 0.2) is 0 Å². The molecule has 0 radical (unpaired) electrons. The molecule has 0 aromatic heterocycles. The predicted octanol–water partition coefficient (Wildman–Crippen LogP) is 8.55. The largest absolute Gasteiger partial charge is 0.489 e. The number of aliphatic hydroxyl groups is 1. The van der Waals surface area contributed by atoms with Gasteiger partial charge in [0.1, 0.15) is 36.6 Å². The number of imide groups is 1. The Balaban J connectivity index is 1.34. The number of anilines is 1. The number of nitrogens with zero attached hydrogens (tertiary/aromatic N) is 1. The molecule has 5 aromatic rings. The maximum absolute atomic E-state index is 14.7. The van der Waals surface area contributed by atoms with Gasteiger partial charge in [-0.05, 0) is 83.6 Å². The highest BCUT2D eigenvalue weighted by Crippen LogP contribution is 2.38. The number of hydrogen-bond acceptors (Lipinski definition) is 6. The molecule has 1 aliphatic heterocycles. The molecule has 0 bridgehead atoms. The van der Waals surface area contributed by atoms with Crippen molar-refractivity contribution in [3.05, 3.63) is 167 Å². The van der Waals surface area contributed by atoms with Gasteiger partial charge in [0.25, 0.3) is 0 Å². The zero-order valence-corrected chi connectivity index (χ0v) is 26.6. The first-order valence-electron chi connectivity index (χ1n) is 16.1. The Bertz CT molecular complexity index is 1820. The van der Waals surface area contributed by atoms with Crippen LogP contribution >= 0.6 is 0 Å². The Hall–Kier alpha value is -5.54. The van der Waals surface area contributed by atoms with Crippen molar-refractivity contribution in [3.8, 4) is 5.75 Å². The lowest BCUT2D eigenvalue weighted by atomic mass is 9.85. The van der Waals surface area contributed by atoms with Gasteiger partial charge in [-0.1, -0.05) is 84.9 Å². The molecule has 2 amide bonds. The molecule has 9 heteroatoms. The molecule has 1 heterocycles. The number of rotatable bonds is 13. The highest BCUT2D eigenvalue weighted by atomic mass is 19.1. The van der Waals surface area contributed by atoms with Gasteiger partial charge < -0.3 is 19.9 Å². The minimum absolute atomic E-state index is 0.00299. The van der Waals surface area contributed by atoms with Gasteiger partial charge in [0.05, 0.1) is 18.1 Å². The first-order valence-corrected chi connectivity index (χ1v) is 16.1. The quantitative estimate of drug-likeness (QED) is 0.131. The molecule has 0 spiro atoms. The van der Waals surface area contributed by atoms with Crippen LogP contribution in [0.2, 0.25) is 0 Å². The summed E-state index contributed by atoms with van der Waals surface area (Å²) in [7, 11) is 0. The van der Waals surface area contributed by atoms with E-state index in [2.05, 4.69) is 5.32 Å². The molecule has 1 fully saturated rings. The third-order valence-electron chi connectivity index (χ3n) is 8.67. The molecule has 49 heavy (non-hydrogen) atoms. The Labute approximate surface area is 283 Å². The Morgan fingerprint density at radius 3 is 2.04 bits per heavy atom. The number of nitrogens with one attached hydrogen (secondary N) is 1. The van der Waals surface area contributed by atoms with Crippen LogP contribution in [0.25, 0.3) is 0 Å². The molecular formula is C40H36F2N2O5. The van der Waals surface area contributed by atoms with E-state index in [1.165, 1.54) is 36.4 Å². The first-order chi connectivity index (χ1) is 23.9. The van der Waals surface area contributed by atoms with Gasteiger partial charge in [-0.2, -0.15) is 0 Å². The van der Waals surface area contributed by atoms with E-state index >= 15 is 0 Å². The van der Waals surface area contributed by atoms with Crippen molar-refractivity contribution < 1.29 is 33.0 Å². The number of aliphatic hydroxyl groups excluding tert-OH is 1. The lowest BCUT2D eigenvalue weighted by molar-refractivity contribution is -0.134. The van der Waals surface area contributed by atoms with Gasteiger partial charge in [-0.3, -0.25) is 4.79 Å². The maximum atomic E-state index is 14.7. The third-order valence-corrected chi connectivity index (χ3v) is 8.67. The molecule has 250 valence electrons. The van der Waals surface area contributed by atoms with Crippen molar-refractivity contribution in [2.24, 2.45) is 5.92 Å². The Morgan fingerprint density at radius 1 is 0.796 bits per heavy atom. The second-order valence-electron chi connectivity index (χ2n) is 11.9. The monoisotopic (exact) mass is 662 g/mol. The molecule has 1 aliphatic rings. The number of benzene rings is 5. The molecule has 7 nitrogen and oxygen atoms in total. The summed E-state index contributed by atoms with van der Waals surface area (Å²) in [6, 6.07) is 36.2. The standard InChI is InChI=1S/C40H36F2N2O5/c41-31-15-11-29(12-16-31)37(45)24-23-35(39(46)44-36(26-49-40(44)47)28-9-5-2-6-10-28)38(43-33-19-17-32(42)18-20-33)30-13-21-34(22-14-30)48-25-27-7-3-1-4-8-27/h1-22,35-38,43,45H,23-26H2/t35-,36+,37-,38+/m0/s1. The fourth-order valence-electron chi connectivity index (χ4n) is 6.04. The molecule has 0 unspecified atom stereocenters. The third kappa shape index (κ3) is 8.31. The molecule has 0 aliphatic carbocycles. The van der Waals surface area contributed by atoms with Crippen molar-refractivity contribution in [1.29, 1.82) is 0 Å². The fourth-order valence-corrected chi connectivity index (χ4v) is 6.04. The minimum Gasteiger partial charge on any atom is -0.489 e. The number of hydrogen-bond donors (Lipinski definition) is 2. The van der Waals surface area contributed by atoms with Crippen LogP contribution in [0.15, 0.2) is 133 Å². The molecule has 5 aromatic carbocycles. The van der Waals surface area contributed by atoms with Crippen LogP contribution in [0.1, 0.15) is 53.3 Å². The second-order valence-corrected chi connectivity index (χ2v) is 11.9. The molecule has 0 saturated carbocycles. The van der Waals surface area contributed by atoms with Crippen LogP contribution in [0.5, 0.6) is 5.75 Å². The van der Waals surface area contributed by atoms with E-state index < -0.39 is 47.7 Å². The second kappa shape index (κ2) is 15.6. The van der Waals surface area contributed by atoms with Crippen LogP contribution in [0.3, 0.4) is 0 Å². The van der Waals surface area contributed by atoms with Crippen LogP contribution in [-0.2, 0) is 16.1 Å². The van der Waals surface area contributed by atoms with Crippen molar-refractivity contribution in [2.75, 3.05) is 11.9 Å². The summed E-state index contributed by atoms with van der Waals surface area (Å²) >= 11 is 0. The topological polar surface area (TPSA) is 88.1 Å². The summed E-state index contributed by atoms with van der Waals surface area (Å²) in [4.78, 5) is 29.0. The van der Waals surface area contributed by atoms with Crippen LogP contribution in [0.4, 0.5) is 19.3 Å². The zero-order valence-electron chi connectivity index (χ0n) is 26.6. The van der Waals surface area contributed by atoms with Crippen molar-refractivity contribution in [1.82, 2.24) is 4.90 Å². The average molecular weight is 663 g/mol. The summed E-state index contributed by atoms with van der Waals surface area (Å²) < 4.78 is 39.0. The van der Waals surface area contributed by atoms with Crippen LogP contribution < -0.4 is 10.1 Å². The van der Waals surface area contributed by atoms with Gasteiger partial charge in [-0.15, -0.1) is 0 Å². The summed E-state index contributed by atoms with van der Waals surface area (Å²) in [5.74, 6) is -1.62. The number of carbonyl (C=O) groups excluding carboxylic acids is 2. The predicted molar refractivity (Wildman–Crippen MR) is 181 cm³/mol. The van der Waals surface area contributed by atoms with Gasteiger partial charge in [-0.25, -0.2) is 18.5 Å². The summed E-state index contributed by atoms with van der Waals surface area (Å²) in [5.41, 5.74) is 3.51. The first kappa shape index (κ1) is 33.4. The summed E-state index contributed by atoms with van der Waals surface area (Å²) in [6.45, 7) is 0.376. The normalized spacial score (nSPS) is 16.0. The average Bonchev–Trinajstić information content (AvgIpc) is 3.53. The highest BCUT2D eigenvalue weighted by Gasteiger charge is 2.44. The van der Waals surface area contributed by atoms with E-state index in [0.717, 1.165) is 16.0 Å².